The molecule has 0 fully saturated rings. The Kier molecular flexibility index (Phi) is 7.80. The van der Waals surface area contributed by atoms with Crippen LogP contribution in [0.5, 0.6) is 11.5 Å². The van der Waals surface area contributed by atoms with Crippen LogP contribution in [-0.4, -0.2) is 11.9 Å². The van der Waals surface area contributed by atoms with Gasteiger partial charge in [0.15, 0.2) is 0 Å². The number of hydrogen-bond donors (Lipinski definition) is 0. The summed E-state index contributed by atoms with van der Waals surface area (Å²) in [5.74, 6) is 0.451. The summed E-state index contributed by atoms with van der Waals surface area (Å²) >= 11 is 0. The molecule has 2 aromatic rings. The van der Waals surface area contributed by atoms with Gasteiger partial charge in [-0.3, -0.25) is 4.79 Å². The molecular weight excluding hydrogens is 340 g/mol. The van der Waals surface area contributed by atoms with Crippen LogP contribution in [0.1, 0.15) is 50.4 Å². The largest absolute Gasteiger partial charge is 0.427 e. The highest BCUT2D eigenvalue weighted by Crippen LogP contribution is 2.18. The van der Waals surface area contributed by atoms with E-state index in [0.717, 1.165) is 12.8 Å². The first kappa shape index (κ1) is 20.4. The lowest BCUT2D eigenvalue weighted by molar-refractivity contribution is -0.135. The molecule has 0 amide bonds. The van der Waals surface area contributed by atoms with E-state index in [9.17, 15) is 9.59 Å². The predicted octanol–water partition coefficient (Wildman–Crippen LogP) is 5.58. The van der Waals surface area contributed by atoms with Gasteiger partial charge in [0.05, 0.1) is 5.56 Å². The molecule has 2 rings (SSSR count). The zero-order chi connectivity index (χ0) is 19.6. The molecule has 142 valence electrons. The molecule has 0 spiro atoms. The predicted molar refractivity (Wildman–Crippen MR) is 106 cm³/mol. The minimum absolute atomic E-state index is 0.258. The Balaban J connectivity index is 1.83. The SMILES string of the molecule is CC(C)=CCCC(C)CC(=O)Oc1ccc(C(=O)Oc2ccccc2)cc1. The molecule has 1 atom stereocenters. The minimum atomic E-state index is -0.452. The van der Waals surface area contributed by atoms with Crippen LogP contribution >= 0.6 is 0 Å². The smallest absolute Gasteiger partial charge is 0.343 e. The van der Waals surface area contributed by atoms with Gasteiger partial charge in [-0.05, 0) is 69.0 Å². The monoisotopic (exact) mass is 366 g/mol. The molecule has 0 bridgehead atoms. The summed E-state index contributed by atoms with van der Waals surface area (Å²) in [5, 5.41) is 0. The maximum atomic E-state index is 12.1. The first-order chi connectivity index (χ1) is 12.9. The van der Waals surface area contributed by atoms with Crippen molar-refractivity contribution in [2.75, 3.05) is 0 Å². The Bertz CT molecular complexity index is 772. The van der Waals surface area contributed by atoms with Crippen molar-refractivity contribution in [2.24, 2.45) is 5.92 Å². The van der Waals surface area contributed by atoms with E-state index in [4.69, 9.17) is 9.47 Å². The van der Waals surface area contributed by atoms with Crippen LogP contribution in [0.2, 0.25) is 0 Å². The highest BCUT2D eigenvalue weighted by Gasteiger charge is 2.12. The molecule has 2 aromatic carbocycles. The van der Waals surface area contributed by atoms with Crippen molar-refractivity contribution in [3.63, 3.8) is 0 Å². The molecule has 0 aliphatic heterocycles. The Morgan fingerprint density at radius 1 is 0.926 bits per heavy atom. The van der Waals surface area contributed by atoms with Crippen LogP contribution in [0.4, 0.5) is 0 Å². The number of carbonyl (C=O) groups is 2. The summed E-state index contributed by atoms with van der Waals surface area (Å²) in [7, 11) is 0. The zero-order valence-electron chi connectivity index (χ0n) is 16.1. The van der Waals surface area contributed by atoms with E-state index >= 15 is 0 Å². The molecule has 27 heavy (non-hydrogen) atoms. The fourth-order valence-corrected chi connectivity index (χ4v) is 2.53. The number of carbonyl (C=O) groups excluding carboxylic acids is 2. The number of hydrogen-bond acceptors (Lipinski definition) is 4. The third kappa shape index (κ3) is 7.48. The second kappa shape index (κ2) is 10.3. The van der Waals surface area contributed by atoms with E-state index < -0.39 is 5.97 Å². The fourth-order valence-electron chi connectivity index (χ4n) is 2.53. The molecule has 1 unspecified atom stereocenters. The van der Waals surface area contributed by atoms with Crippen molar-refractivity contribution in [1.82, 2.24) is 0 Å². The van der Waals surface area contributed by atoms with Gasteiger partial charge in [0.2, 0.25) is 0 Å². The third-order valence-electron chi connectivity index (χ3n) is 4.00. The Labute approximate surface area is 160 Å². The second-order valence-electron chi connectivity index (χ2n) is 6.87. The van der Waals surface area contributed by atoms with Gasteiger partial charge in [0.1, 0.15) is 11.5 Å². The molecule has 0 N–H and O–H groups in total. The maximum Gasteiger partial charge on any atom is 0.343 e. The summed E-state index contributed by atoms with van der Waals surface area (Å²) in [6.07, 6.45) is 4.46. The van der Waals surface area contributed by atoms with Gasteiger partial charge in [-0.25, -0.2) is 4.79 Å². The van der Waals surface area contributed by atoms with Crippen molar-refractivity contribution >= 4 is 11.9 Å². The van der Waals surface area contributed by atoms with Crippen LogP contribution in [-0.2, 0) is 4.79 Å². The summed E-state index contributed by atoms with van der Waals surface area (Å²) in [6.45, 7) is 6.18. The van der Waals surface area contributed by atoms with Crippen LogP contribution in [0.15, 0.2) is 66.2 Å². The van der Waals surface area contributed by atoms with Crippen LogP contribution < -0.4 is 9.47 Å². The summed E-state index contributed by atoms with van der Waals surface area (Å²) in [4.78, 5) is 24.2. The van der Waals surface area contributed by atoms with E-state index in [1.165, 1.54) is 5.57 Å². The van der Waals surface area contributed by atoms with Crippen molar-refractivity contribution in [2.45, 2.75) is 40.0 Å². The van der Waals surface area contributed by atoms with Crippen LogP contribution in [0.3, 0.4) is 0 Å². The fraction of sp³-hybridized carbons (Fsp3) is 0.304. The second-order valence-corrected chi connectivity index (χ2v) is 6.87. The number of allylic oxidation sites excluding steroid dienone is 2. The normalized spacial score (nSPS) is 11.4. The molecule has 0 saturated carbocycles. The van der Waals surface area contributed by atoms with Crippen LogP contribution in [0.25, 0.3) is 0 Å². The highest BCUT2D eigenvalue weighted by atomic mass is 16.5. The van der Waals surface area contributed by atoms with E-state index in [2.05, 4.69) is 19.9 Å². The minimum Gasteiger partial charge on any atom is -0.427 e. The van der Waals surface area contributed by atoms with Gasteiger partial charge in [-0.1, -0.05) is 36.8 Å². The van der Waals surface area contributed by atoms with E-state index in [1.807, 2.05) is 13.0 Å². The Hall–Kier alpha value is -2.88. The maximum absolute atomic E-state index is 12.1. The molecule has 4 nitrogen and oxygen atoms in total. The van der Waals surface area contributed by atoms with Crippen molar-refractivity contribution < 1.29 is 19.1 Å². The highest BCUT2D eigenvalue weighted by molar-refractivity contribution is 5.91. The molecule has 0 saturated heterocycles. The Morgan fingerprint density at radius 3 is 2.19 bits per heavy atom. The number of rotatable bonds is 8. The average molecular weight is 366 g/mol. The Morgan fingerprint density at radius 2 is 1.56 bits per heavy atom. The summed E-state index contributed by atoms with van der Waals surface area (Å²) in [6, 6.07) is 15.3. The molecule has 4 heteroatoms. The van der Waals surface area contributed by atoms with Crippen LogP contribution in [0, 0.1) is 5.92 Å². The lowest BCUT2D eigenvalue weighted by atomic mass is 10.0. The van der Waals surface area contributed by atoms with E-state index in [1.54, 1.807) is 48.5 Å². The van der Waals surface area contributed by atoms with Crippen molar-refractivity contribution in [1.29, 1.82) is 0 Å². The van der Waals surface area contributed by atoms with Gasteiger partial charge in [-0.15, -0.1) is 0 Å². The topological polar surface area (TPSA) is 52.6 Å². The lowest BCUT2D eigenvalue weighted by Gasteiger charge is -2.10. The standard InChI is InChI=1S/C23H26O4/c1-17(2)8-7-9-18(3)16-22(24)26-21-14-12-19(13-15-21)23(25)27-20-10-5-4-6-11-20/h4-6,8,10-15,18H,7,9,16H2,1-3H3. The number of benzene rings is 2. The number of para-hydroxylation sites is 1. The van der Waals surface area contributed by atoms with Gasteiger partial charge in [-0.2, -0.15) is 0 Å². The zero-order valence-corrected chi connectivity index (χ0v) is 16.1. The molecule has 0 heterocycles. The molecule has 0 aliphatic rings. The molecule has 0 aliphatic carbocycles. The molecule has 0 radical (unpaired) electrons. The first-order valence-corrected chi connectivity index (χ1v) is 9.15. The van der Waals surface area contributed by atoms with E-state index in [0.29, 0.717) is 23.5 Å². The first-order valence-electron chi connectivity index (χ1n) is 9.15. The van der Waals surface area contributed by atoms with E-state index in [-0.39, 0.29) is 11.9 Å². The van der Waals surface area contributed by atoms with Gasteiger partial charge < -0.3 is 9.47 Å². The quantitative estimate of drug-likeness (QED) is 0.347. The van der Waals surface area contributed by atoms with Gasteiger partial charge in [0, 0.05) is 6.42 Å². The third-order valence-corrected chi connectivity index (χ3v) is 4.00. The number of esters is 2. The van der Waals surface area contributed by atoms with Crippen molar-refractivity contribution in [3.8, 4) is 11.5 Å². The average Bonchev–Trinajstić information content (AvgIpc) is 2.62. The summed E-state index contributed by atoms with van der Waals surface area (Å²) in [5.41, 5.74) is 1.68. The lowest BCUT2D eigenvalue weighted by Crippen LogP contribution is -2.13. The summed E-state index contributed by atoms with van der Waals surface area (Å²) < 4.78 is 10.6. The van der Waals surface area contributed by atoms with Crippen molar-refractivity contribution in [3.05, 3.63) is 71.8 Å². The molecular formula is C23H26O4. The van der Waals surface area contributed by atoms with Gasteiger partial charge >= 0.3 is 11.9 Å². The number of ether oxygens (including phenoxy) is 2. The van der Waals surface area contributed by atoms with Gasteiger partial charge in [0.25, 0.3) is 0 Å². The molecule has 0 aromatic heterocycles.